The molecule has 2 fully saturated rings. The van der Waals surface area contributed by atoms with Crippen molar-refractivity contribution in [3.05, 3.63) is 46.2 Å². The van der Waals surface area contributed by atoms with Crippen LogP contribution >= 0.6 is 0 Å². The minimum atomic E-state index is -0.592. The van der Waals surface area contributed by atoms with E-state index in [0.717, 1.165) is 54.7 Å². The molecule has 1 aliphatic carbocycles. The Bertz CT molecular complexity index is 943. The van der Waals surface area contributed by atoms with Crippen molar-refractivity contribution in [2.24, 2.45) is 5.92 Å². The highest BCUT2D eigenvalue weighted by atomic mass is 16.5. The third kappa shape index (κ3) is 4.43. The van der Waals surface area contributed by atoms with Crippen molar-refractivity contribution in [1.82, 2.24) is 14.5 Å². The summed E-state index contributed by atoms with van der Waals surface area (Å²) in [4.78, 5) is 28.6. The molecule has 0 bridgehead atoms. The second-order valence-corrected chi connectivity index (χ2v) is 8.59. The van der Waals surface area contributed by atoms with Crippen LogP contribution < -0.4 is 5.56 Å². The van der Waals surface area contributed by atoms with Gasteiger partial charge in [0.25, 0.3) is 11.5 Å². The maximum Gasteiger partial charge on any atom is 0.283 e. The Balaban J connectivity index is 1.62. The van der Waals surface area contributed by atoms with Gasteiger partial charge >= 0.3 is 0 Å². The molecule has 2 aromatic rings. The summed E-state index contributed by atoms with van der Waals surface area (Å²) in [6.07, 6.45) is 3.50. The molecule has 0 atom stereocenters. The molecule has 1 amide bonds. The number of ether oxygens (including phenoxy) is 1. The Morgan fingerprint density at radius 2 is 1.83 bits per heavy atom. The molecule has 7 nitrogen and oxygen atoms in total. The molecular weight excluding hydrogens is 382 g/mol. The van der Waals surface area contributed by atoms with E-state index in [1.54, 1.807) is 10.6 Å². The summed E-state index contributed by atoms with van der Waals surface area (Å²) in [5, 5.41) is 12.3. The van der Waals surface area contributed by atoms with Gasteiger partial charge in [0.05, 0.1) is 24.8 Å². The summed E-state index contributed by atoms with van der Waals surface area (Å²) in [7, 11) is 0. The van der Waals surface area contributed by atoms with E-state index >= 15 is 0 Å². The van der Waals surface area contributed by atoms with Crippen molar-refractivity contribution in [1.29, 1.82) is 0 Å². The van der Waals surface area contributed by atoms with Gasteiger partial charge < -0.3 is 9.30 Å². The maximum absolute atomic E-state index is 13.3. The third-order valence-electron chi connectivity index (χ3n) is 6.52. The number of nitrogens with zero attached hydrogens (tertiary/aromatic N) is 3. The molecule has 0 radical (unpaired) electrons. The summed E-state index contributed by atoms with van der Waals surface area (Å²) in [5.41, 5.74) is 0.510. The molecule has 2 heterocycles. The Labute approximate surface area is 176 Å². The Morgan fingerprint density at radius 1 is 1.13 bits per heavy atom. The maximum atomic E-state index is 13.3. The zero-order valence-corrected chi connectivity index (χ0v) is 17.6. The lowest BCUT2D eigenvalue weighted by Gasteiger charge is -2.31. The number of carbonyl (C=O) groups excluding carboxylic acids is 1. The van der Waals surface area contributed by atoms with Crippen LogP contribution in [0.5, 0.6) is 0 Å². The first-order valence-corrected chi connectivity index (χ1v) is 11.0. The highest BCUT2D eigenvalue weighted by Gasteiger charge is 2.29. The van der Waals surface area contributed by atoms with Gasteiger partial charge in [-0.1, -0.05) is 25.1 Å². The molecule has 1 aromatic carbocycles. The first kappa shape index (κ1) is 21.0. The van der Waals surface area contributed by atoms with Crippen molar-refractivity contribution < 1.29 is 14.7 Å². The van der Waals surface area contributed by atoms with Crippen molar-refractivity contribution in [2.45, 2.75) is 45.2 Å². The molecule has 1 aliphatic heterocycles. The highest BCUT2D eigenvalue weighted by Crippen LogP contribution is 2.27. The summed E-state index contributed by atoms with van der Waals surface area (Å²) >= 11 is 0. The Morgan fingerprint density at radius 3 is 2.57 bits per heavy atom. The molecule has 2 aliphatic rings. The first-order valence-electron chi connectivity index (χ1n) is 11.0. The Hall–Kier alpha value is -2.22. The number of para-hydroxylation sites is 1. The number of morpholine rings is 1. The molecule has 1 N–H and O–H groups in total. The van der Waals surface area contributed by atoms with E-state index < -0.39 is 5.91 Å². The van der Waals surface area contributed by atoms with Crippen molar-refractivity contribution >= 4 is 16.8 Å². The molecule has 1 saturated heterocycles. The minimum Gasteiger partial charge on any atom is -0.379 e. The van der Waals surface area contributed by atoms with Crippen LogP contribution in [-0.4, -0.2) is 64.5 Å². The zero-order chi connectivity index (χ0) is 21.1. The number of pyridine rings is 1. The van der Waals surface area contributed by atoms with E-state index in [9.17, 15) is 14.8 Å². The van der Waals surface area contributed by atoms with Crippen molar-refractivity contribution in [3.8, 4) is 0 Å². The van der Waals surface area contributed by atoms with Crippen LogP contribution in [0.25, 0.3) is 10.9 Å². The quantitative estimate of drug-likeness (QED) is 0.603. The van der Waals surface area contributed by atoms with Gasteiger partial charge in [0.2, 0.25) is 0 Å². The lowest BCUT2D eigenvalue weighted by molar-refractivity contribution is -0.0988. The van der Waals surface area contributed by atoms with Crippen molar-refractivity contribution in [3.63, 3.8) is 0 Å². The van der Waals surface area contributed by atoms with E-state index in [1.165, 1.54) is 0 Å². The molecule has 4 rings (SSSR count). The van der Waals surface area contributed by atoms with Gasteiger partial charge in [-0.2, -0.15) is 0 Å². The van der Waals surface area contributed by atoms with Crippen LogP contribution in [0.1, 0.15) is 43.0 Å². The molecule has 1 aromatic heterocycles. The second-order valence-electron chi connectivity index (χ2n) is 8.59. The second kappa shape index (κ2) is 9.29. The standard InChI is InChI=1S/C23H31N3O4/c1-17-6-8-19(9-7-17)26(29)23(28)20-16-18-4-2-3-5-21(18)25(22(20)27)11-10-24-12-14-30-15-13-24/h2-5,16-17,19,29H,6-15H2,1H3. The predicted octanol–water partition coefficient (Wildman–Crippen LogP) is 2.74. The number of fused-ring (bicyclic) bond motifs is 1. The SMILES string of the molecule is CC1CCC(N(O)C(=O)c2cc3ccccc3n(CCN3CCOCC3)c2=O)CC1. The number of benzene rings is 1. The van der Waals surface area contributed by atoms with Gasteiger partial charge in [-0.15, -0.1) is 0 Å². The first-order chi connectivity index (χ1) is 14.5. The lowest BCUT2D eigenvalue weighted by Crippen LogP contribution is -2.43. The van der Waals surface area contributed by atoms with Crippen LogP contribution in [0.4, 0.5) is 0 Å². The van der Waals surface area contributed by atoms with E-state index in [1.807, 2.05) is 24.3 Å². The minimum absolute atomic E-state index is 0.0387. The van der Waals surface area contributed by atoms with E-state index in [2.05, 4.69) is 11.8 Å². The number of rotatable bonds is 5. The average Bonchev–Trinajstić information content (AvgIpc) is 2.78. The number of aromatic nitrogens is 1. The molecular formula is C23H31N3O4. The van der Waals surface area contributed by atoms with Crippen LogP contribution in [-0.2, 0) is 11.3 Å². The fourth-order valence-corrected chi connectivity index (χ4v) is 4.55. The van der Waals surface area contributed by atoms with E-state index in [0.29, 0.717) is 32.2 Å². The largest absolute Gasteiger partial charge is 0.379 e. The topological polar surface area (TPSA) is 75.0 Å². The van der Waals surface area contributed by atoms with Gasteiger partial charge in [-0.25, -0.2) is 5.06 Å². The normalized spacial score (nSPS) is 22.9. The van der Waals surface area contributed by atoms with Crippen LogP contribution in [0.15, 0.2) is 35.1 Å². The highest BCUT2D eigenvalue weighted by molar-refractivity contribution is 5.97. The Kier molecular flexibility index (Phi) is 6.51. The summed E-state index contributed by atoms with van der Waals surface area (Å²) in [5.74, 6) is 0.0215. The summed E-state index contributed by atoms with van der Waals surface area (Å²) in [6.45, 7) is 6.49. The van der Waals surface area contributed by atoms with Crippen LogP contribution in [0.3, 0.4) is 0 Å². The molecule has 1 saturated carbocycles. The fraction of sp³-hybridized carbons (Fsp3) is 0.565. The molecule has 0 spiro atoms. The van der Waals surface area contributed by atoms with Gasteiger partial charge in [-0.05, 0) is 49.1 Å². The van der Waals surface area contributed by atoms with Gasteiger partial charge in [-0.3, -0.25) is 19.7 Å². The molecule has 0 unspecified atom stereocenters. The zero-order valence-electron chi connectivity index (χ0n) is 17.6. The van der Waals surface area contributed by atoms with Gasteiger partial charge in [0.15, 0.2) is 0 Å². The molecule has 162 valence electrons. The number of amides is 1. The smallest absolute Gasteiger partial charge is 0.283 e. The molecule has 30 heavy (non-hydrogen) atoms. The predicted molar refractivity (Wildman–Crippen MR) is 115 cm³/mol. The number of hydrogen-bond acceptors (Lipinski definition) is 5. The number of hydrogen-bond donors (Lipinski definition) is 1. The fourth-order valence-electron chi connectivity index (χ4n) is 4.55. The van der Waals surface area contributed by atoms with Crippen molar-refractivity contribution in [2.75, 3.05) is 32.8 Å². The summed E-state index contributed by atoms with van der Waals surface area (Å²) < 4.78 is 7.07. The lowest BCUT2D eigenvalue weighted by atomic mass is 9.87. The number of hydroxylamine groups is 2. The average molecular weight is 414 g/mol. The van der Waals surface area contributed by atoms with E-state index in [4.69, 9.17) is 4.74 Å². The van der Waals surface area contributed by atoms with Gasteiger partial charge in [0.1, 0.15) is 5.56 Å². The van der Waals surface area contributed by atoms with Gasteiger partial charge in [0, 0.05) is 26.2 Å². The van der Waals surface area contributed by atoms with Crippen LogP contribution in [0, 0.1) is 5.92 Å². The van der Waals surface area contributed by atoms with E-state index in [-0.39, 0.29) is 17.2 Å². The monoisotopic (exact) mass is 413 g/mol. The van der Waals surface area contributed by atoms with Crippen LogP contribution in [0.2, 0.25) is 0 Å². The molecule has 7 heteroatoms. The third-order valence-corrected chi connectivity index (χ3v) is 6.52. The number of carbonyl (C=O) groups is 1. The summed E-state index contributed by atoms with van der Waals surface area (Å²) in [6, 6.07) is 9.01.